The van der Waals surface area contributed by atoms with Crippen molar-refractivity contribution in [2.24, 2.45) is 0 Å². The van der Waals surface area contributed by atoms with Crippen molar-refractivity contribution in [3.8, 4) is 5.82 Å². The van der Waals surface area contributed by atoms with Gasteiger partial charge in [0.1, 0.15) is 23.8 Å². The lowest BCUT2D eigenvalue weighted by Gasteiger charge is -2.25. The molecule has 0 aliphatic carbocycles. The van der Waals surface area contributed by atoms with Gasteiger partial charge in [0.15, 0.2) is 0 Å². The minimum Gasteiger partial charge on any atom is -0.369 e. The lowest BCUT2D eigenvalue weighted by Crippen LogP contribution is -2.31. The zero-order valence-electron chi connectivity index (χ0n) is 18.7. The highest BCUT2D eigenvalue weighted by Crippen LogP contribution is 2.32. The fourth-order valence-electron chi connectivity index (χ4n) is 4.49. The summed E-state index contributed by atoms with van der Waals surface area (Å²) in [5.41, 5.74) is 1.85. The number of carbonyl (C=O) groups excluding carboxylic acids is 1. The molecule has 5 rings (SSSR count). The minimum atomic E-state index is 0.0278. The van der Waals surface area contributed by atoms with Crippen molar-refractivity contribution in [1.29, 1.82) is 0 Å². The first-order valence-corrected chi connectivity index (χ1v) is 11.4. The Bertz CT molecular complexity index is 1260. The molecule has 0 bridgehead atoms. The molecule has 0 saturated carbocycles. The molecule has 1 aromatic carbocycles. The van der Waals surface area contributed by atoms with Crippen molar-refractivity contribution < 1.29 is 4.79 Å². The number of anilines is 1. The SMILES string of the molecule is Cc1nccn1-c1cccc([C@H]2CCCN2C(=O)CCCNc2ncnc3ccccc23)n1. The molecule has 1 aliphatic rings. The molecule has 1 saturated heterocycles. The molecule has 0 spiro atoms. The van der Waals surface area contributed by atoms with Crippen LogP contribution in [-0.2, 0) is 4.79 Å². The van der Waals surface area contributed by atoms with Crippen LogP contribution in [0.4, 0.5) is 5.82 Å². The van der Waals surface area contributed by atoms with E-state index in [1.165, 1.54) is 0 Å². The maximum absolute atomic E-state index is 13.1. The maximum Gasteiger partial charge on any atom is 0.223 e. The molecule has 33 heavy (non-hydrogen) atoms. The maximum atomic E-state index is 13.1. The molecule has 4 aromatic rings. The fraction of sp³-hybridized carbons (Fsp3) is 0.320. The van der Waals surface area contributed by atoms with E-state index in [1.54, 1.807) is 12.5 Å². The van der Waals surface area contributed by atoms with E-state index in [0.717, 1.165) is 59.9 Å². The Kier molecular flexibility index (Phi) is 5.97. The van der Waals surface area contributed by atoms with E-state index in [4.69, 9.17) is 4.98 Å². The molecule has 1 amide bonds. The largest absolute Gasteiger partial charge is 0.369 e. The van der Waals surface area contributed by atoms with Gasteiger partial charge in [0.25, 0.3) is 0 Å². The molecule has 4 heterocycles. The fourth-order valence-corrected chi connectivity index (χ4v) is 4.49. The Morgan fingerprint density at radius 1 is 1.12 bits per heavy atom. The summed E-state index contributed by atoms with van der Waals surface area (Å²) >= 11 is 0. The molecule has 1 fully saturated rings. The second-order valence-electron chi connectivity index (χ2n) is 8.28. The molecule has 168 valence electrons. The predicted molar refractivity (Wildman–Crippen MR) is 127 cm³/mol. The Balaban J connectivity index is 1.21. The van der Waals surface area contributed by atoms with Crippen molar-refractivity contribution in [1.82, 2.24) is 29.4 Å². The van der Waals surface area contributed by atoms with Crippen LogP contribution in [0, 0.1) is 6.92 Å². The van der Waals surface area contributed by atoms with Crippen molar-refractivity contribution in [2.45, 2.75) is 38.6 Å². The Morgan fingerprint density at radius 2 is 2.03 bits per heavy atom. The van der Waals surface area contributed by atoms with Crippen LogP contribution in [0.1, 0.15) is 43.2 Å². The summed E-state index contributed by atoms with van der Waals surface area (Å²) in [4.78, 5) is 32.8. The van der Waals surface area contributed by atoms with Crippen LogP contribution in [0.15, 0.2) is 61.2 Å². The number of rotatable bonds is 7. The van der Waals surface area contributed by atoms with Gasteiger partial charge < -0.3 is 10.2 Å². The van der Waals surface area contributed by atoms with Gasteiger partial charge in [0.2, 0.25) is 5.91 Å². The van der Waals surface area contributed by atoms with Crippen LogP contribution < -0.4 is 5.32 Å². The molecule has 1 atom stereocenters. The first-order valence-electron chi connectivity index (χ1n) is 11.4. The van der Waals surface area contributed by atoms with Gasteiger partial charge in [-0.2, -0.15) is 0 Å². The number of para-hydroxylation sites is 1. The number of pyridine rings is 1. The number of hydrogen-bond acceptors (Lipinski definition) is 6. The number of carbonyl (C=O) groups is 1. The number of imidazole rings is 1. The zero-order valence-corrected chi connectivity index (χ0v) is 18.7. The molecular formula is C25H27N7O. The van der Waals surface area contributed by atoms with Crippen LogP contribution in [0.25, 0.3) is 16.7 Å². The van der Waals surface area contributed by atoms with Gasteiger partial charge in [0.05, 0.1) is 17.3 Å². The minimum absolute atomic E-state index is 0.0278. The summed E-state index contributed by atoms with van der Waals surface area (Å²) in [6.07, 6.45) is 8.42. The zero-order chi connectivity index (χ0) is 22.6. The molecule has 3 aromatic heterocycles. The highest BCUT2D eigenvalue weighted by Gasteiger charge is 2.30. The monoisotopic (exact) mass is 441 g/mol. The molecule has 8 heteroatoms. The van der Waals surface area contributed by atoms with Crippen LogP contribution in [0.3, 0.4) is 0 Å². The van der Waals surface area contributed by atoms with E-state index in [0.29, 0.717) is 13.0 Å². The highest BCUT2D eigenvalue weighted by atomic mass is 16.2. The second kappa shape index (κ2) is 9.36. The lowest BCUT2D eigenvalue weighted by atomic mass is 10.1. The van der Waals surface area contributed by atoms with Crippen molar-refractivity contribution >= 4 is 22.6 Å². The number of nitrogens with zero attached hydrogens (tertiary/aromatic N) is 6. The van der Waals surface area contributed by atoms with Crippen molar-refractivity contribution in [2.75, 3.05) is 18.4 Å². The van der Waals surface area contributed by atoms with Gasteiger partial charge in [-0.3, -0.25) is 9.36 Å². The quantitative estimate of drug-likeness (QED) is 0.435. The van der Waals surface area contributed by atoms with Crippen LogP contribution in [0.5, 0.6) is 0 Å². The summed E-state index contributed by atoms with van der Waals surface area (Å²) in [5.74, 6) is 2.71. The summed E-state index contributed by atoms with van der Waals surface area (Å²) in [6, 6.07) is 13.9. The highest BCUT2D eigenvalue weighted by molar-refractivity contribution is 5.88. The third-order valence-corrected chi connectivity index (χ3v) is 6.15. The molecule has 0 radical (unpaired) electrons. The van der Waals surface area contributed by atoms with E-state index in [9.17, 15) is 4.79 Å². The van der Waals surface area contributed by atoms with Gasteiger partial charge in [-0.25, -0.2) is 19.9 Å². The van der Waals surface area contributed by atoms with E-state index in [-0.39, 0.29) is 11.9 Å². The van der Waals surface area contributed by atoms with Crippen LogP contribution in [-0.4, -0.2) is 48.4 Å². The number of amides is 1. The third kappa shape index (κ3) is 4.41. The number of aromatic nitrogens is 5. The van der Waals surface area contributed by atoms with Gasteiger partial charge in [-0.1, -0.05) is 18.2 Å². The molecule has 1 N–H and O–H groups in total. The van der Waals surface area contributed by atoms with Crippen molar-refractivity contribution in [3.05, 3.63) is 72.7 Å². The summed E-state index contributed by atoms with van der Waals surface area (Å²) in [6.45, 7) is 3.42. The summed E-state index contributed by atoms with van der Waals surface area (Å²) in [7, 11) is 0. The number of likely N-dealkylation sites (tertiary alicyclic amines) is 1. The summed E-state index contributed by atoms with van der Waals surface area (Å²) < 4.78 is 1.97. The second-order valence-corrected chi connectivity index (χ2v) is 8.28. The molecule has 0 unspecified atom stereocenters. The standard InChI is InChI=1S/C25H27N7O/c1-18-26-14-16-31(18)23-11-4-9-21(30-23)22-10-6-15-32(22)24(33)12-5-13-27-25-19-7-2-3-8-20(19)28-17-29-25/h2-4,7-9,11,14,16-17,22H,5-6,10,12-13,15H2,1H3,(H,27,28,29)/t22-/m1/s1. The Hall–Kier alpha value is -3.81. The number of benzene rings is 1. The number of hydrogen-bond donors (Lipinski definition) is 1. The third-order valence-electron chi connectivity index (χ3n) is 6.15. The number of nitrogens with one attached hydrogen (secondary N) is 1. The van der Waals surface area contributed by atoms with Gasteiger partial charge >= 0.3 is 0 Å². The van der Waals surface area contributed by atoms with E-state index < -0.39 is 0 Å². The molecule has 8 nitrogen and oxygen atoms in total. The van der Waals surface area contributed by atoms with Crippen molar-refractivity contribution in [3.63, 3.8) is 0 Å². The smallest absolute Gasteiger partial charge is 0.223 e. The van der Waals surface area contributed by atoms with Crippen LogP contribution >= 0.6 is 0 Å². The van der Waals surface area contributed by atoms with Crippen LogP contribution in [0.2, 0.25) is 0 Å². The Labute approximate surface area is 192 Å². The Morgan fingerprint density at radius 3 is 2.91 bits per heavy atom. The number of fused-ring (bicyclic) bond motifs is 1. The molecular weight excluding hydrogens is 414 g/mol. The van der Waals surface area contributed by atoms with Gasteiger partial charge in [-0.05, 0) is 50.5 Å². The predicted octanol–water partition coefficient (Wildman–Crippen LogP) is 4.07. The van der Waals surface area contributed by atoms with E-state index in [2.05, 4.69) is 20.3 Å². The average molecular weight is 442 g/mol. The lowest BCUT2D eigenvalue weighted by molar-refractivity contribution is -0.132. The van der Waals surface area contributed by atoms with E-state index >= 15 is 0 Å². The topological polar surface area (TPSA) is 88.8 Å². The average Bonchev–Trinajstić information content (AvgIpc) is 3.51. The first kappa shape index (κ1) is 21.1. The van der Waals surface area contributed by atoms with Gasteiger partial charge in [0, 0.05) is 37.3 Å². The summed E-state index contributed by atoms with van der Waals surface area (Å²) in [5, 5.41) is 4.35. The van der Waals surface area contributed by atoms with Gasteiger partial charge in [-0.15, -0.1) is 0 Å². The molecule has 1 aliphatic heterocycles. The first-order chi connectivity index (χ1) is 16.2. The number of aryl methyl sites for hydroxylation is 1. The normalized spacial score (nSPS) is 15.8. The van der Waals surface area contributed by atoms with E-state index in [1.807, 2.05) is 65.1 Å².